The molecular formula is C4H4NO3S2-. The van der Waals surface area contributed by atoms with E-state index >= 15 is 0 Å². The second-order valence-electron chi connectivity index (χ2n) is 1.68. The number of hydrogen-bond acceptors (Lipinski definition) is 5. The number of aromatic nitrogens is 1. The van der Waals surface area contributed by atoms with Crippen LogP contribution >= 0.6 is 11.3 Å². The first kappa shape index (κ1) is 7.64. The van der Waals surface area contributed by atoms with E-state index in [0.717, 1.165) is 11.3 Å². The molecule has 0 saturated carbocycles. The van der Waals surface area contributed by atoms with Crippen molar-refractivity contribution < 1.29 is 13.0 Å². The summed E-state index contributed by atoms with van der Waals surface area (Å²) >= 11 is 0.845. The Bertz CT molecular complexity index is 326. The second kappa shape index (κ2) is 2.30. The number of hydrogen-bond donors (Lipinski definition) is 0. The van der Waals surface area contributed by atoms with Gasteiger partial charge in [-0.3, -0.25) is 0 Å². The highest BCUT2D eigenvalue weighted by molar-refractivity contribution is 7.88. The van der Waals surface area contributed by atoms with E-state index in [9.17, 15) is 13.0 Å². The van der Waals surface area contributed by atoms with E-state index in [1.165, 1.54) is 12.4 Å². The van der Waals surface area contributed by atoms with Crippen molar-refractivity contribution in [1.29, 1.82) is 0 Å². The normalized spacial score (nSPS) is 11.8. The zero-order chi connectivity index (χ0) is 7.78. The highest BCUT2D eigenvalue weighted by Crippen LogP contribution is 2.17. The predicted octanol–water partition coefficient (Wildman–Crippen LogP) is 0.356. The van der Waals surface area contributed by atoms with Crippen LogP contribution in [0.25, 0.3) is 0 Å². The Hall–Kier alpha value is -0.460. The Kier molecular flexibility index (Phi) is 1.76. The molecule has 1 heterocycles. The lowest BCUT2D eigenvalue weighted by Crippen LogP contribution is -1.97. The molecule has 0 aliphatic heterocycles. The Morgan fingerprint density at radius 3 is 2.50 bits per heavy atom. The van der Waals surface area contributed by atoms with Crippen LogP contribution in [0.15, 0.2) is 9.72 Å². The second-order valence-corrected chi connectivity index (χ2v) is 4.11. The van der Waals surface area contributed by atoms with E-state index in [4.69, 9.17) is 0 Å². The smallest absolute Gasteiger partial charge is 0.135 e. The van der Waals surface area contributed by atoms with Gasteiger partial charge in [-0.05, 0) is 6.92 Å². The van der Waals surface area contributed by atoms with Crippen molar-refractivity contribution in [3.8, 4) is 0 Å². The fourth-order valence-corrected chi connectivity index (χ4v) is 2.08. The molecule has 4 nitrogen and oxygen atoms in total. The van der Waals surface area contributed by atoms with Gasteiger partial charge in [0.15, 0.2) is 0 Å². The van der Waals surface area contributed by atoms with Crippen LogP contribution in [0.4, 0.5) is 0 Å². The minimum Gasteiger partial charge on any atom is -0.743 e. The summed E-state index contributed by atoms with van der Waals surface area (Å²) in [6.45, 7) is 1.49. The van der Waals surface area contributed by atoms with Crippen LogP contribution in [0, 0.1) is 6.92 Å². The van der Waals surface area contributed by atoms with Crippen molar-refractivity contribution in [2.45, 2.75) is 11.1 Å². The van der Waals surface area contributed by atoms with E-state index in [0.29, 0.717) is 0 Å². The minimum atomic E-state index is -4.28. The van der Waals surface area contributed by atoms with Crippen LogP contribution in [-0.4, -0.2) is 18.0 Å². The van der Waals surface area contributed by atoms with Crippen LogP contribution in [0.2, 0.25) is 0 Å². The van der Waals surface area contributed by atoms with Gasteiger partial charge in [-0.25, -0.2) is 13.4 Å². The maximum atomic E-state index is 10.3. The van der Waals surface area contributed by atoms with Crippen LogP contribution in [0.1, 0.15) is 5.69 Å². The lowest BCUT2D eigenvalue weighted by atomic mass is 10.6. The largest absolute Gasteiger partial charge is 0.743 e. The molecule has 0 atom stereocenters. The summed E-state index contributed by atoms with van der Waals surface area (Å²) in [5.74, 6) is 0. The third kappa shape index (κ3) is 1.34. The quantitative estimate of drug-likeness (QED) is 0.582. The maximum Gasteiger partial charge on any atom is 0.135 e. The molecule has 0 spiro atoms. The highest BCUT2D eigenvalue weighted by atomic mass is 32.3. The Labute approximate surface area is 62.3 Å². The van der Waals surface area contributed by atoms with Crippen LogP contribution in [0.3, 0.4) is 0 Å². The molecule has 1 aromatic rings. The molecule has 0 aliphatic rings. The first-order chi connectivity index (χ1) is 4.52. The van der Waals surface area contributed by atoms with E-state index in [-0.39, 0.29) is 9.90 Å². The molecule has 0 saturated heterocycles. The van der Waals surface area contributed by atoms with Gasteiger partial charge in [-0.2, -0.15) is 0 Å². The van der Waals surface area contributed by atoms with Crippen LogP contribution in [-0.2, 0) is 10.1 Å². The number of aryl methyl sites for hydroxylation is 1. The van der Waals surface area contributed by atoms with Crippen molar-refractivity contribution in [2.24, 2.45) is 0 Å². The molecule has 56 valence electrons. The van der Waals surface area contributed by atoms with Crippen LogP contribution < -0.4 is 0 Å². The standard InChI is InChI=1S/C4H5NO3S2/c1-3-4(9-2-5-3)10(6,7)8/h2H,1H3,(H,6,7,8)/p-1. The molecule has 0 bridgehead atoms. The van der Waals surface area contributed by atoms with Crippen molar-refractivity contribution in [3.05, 3.63) is 11.2 Å². The summed E-state index contributed by atoms with van der Waals surface area (Å²) in [6, 6.07) is 0. The van der Waals surface area contributed by atoms with Crippen molar-refractivity contribution >= 4 is 21.5 Å². The van der Waals surface area contributed by atoms with Gasteiger partial charge in [0.1, 0.15) is 14.3 Å². The summed E-state index contributed by atoms with van der Waals surface area (Å²) < 4.78 is 30.8. The molecule has 6 heteroatoms. The van der Waals surface area contributed by atoms with E-state index in [2.05, 4.69) is 4.98 Å². The minimum absolute atomic E-state index is 0.187. The number of rotatable bonds is 1. The topological polar surface area (TPSA) is 70.1 Å². The summed E-state index contributed by atoms with van der Waals surface area (Å²) in [5, 5.41) is 0. The average Bonchev–Trinajstić information content (AvgIpc) is 2.11. The van der Waals surface area contributed by atoms with Gasteiger partial charge in [-0.15, -0.1) is 11.3 Å². The number of nitrogens with zero attached hydrogens (tertiary/aromatic N) is 1. The third-order valence-electron chi connectivity index (χ3n) is 0.929. The van der Waals surface area contributed by atoms with E-state index in [1.807, 2.05) is 0 Å². The van der Waals surface area contributed by atoms with Gasteiger partial charge in [0.2, 0.25) is 0 Å². The molecule has 0 aromatic carbocycles. The molecule has 0 amide bonds. The van der Waals surface area contributed by atoms with Gasteiger partial charge in [0.25, 0.3) is 0 Å². The lowest BCUT2D eigenvalue weighted by molar-refractivity contribution is 0.464. The van der Waals surface area contributed by atoms with Gasteiger partial charge in [0.05, 0.1) is 11.2 Å². The summed E-state index contributed by atoms with van der Waals surface area (Å²) in [4.78, 5) is 3.62. The number of thiazole rings is 1. The molecule has 0 unspecified atom stereocenters. The highest BCUT2D eigenvalue weighted by Gasteiger charge is 2.06. The Morgan fingerprint density at radius 1 is 1.70 bits per heavy atom. The molecule has 10 heavy (non-hydrogen) atoms. The first-order valence-electron chi connectivity index (χ1n) is 2.38. The van der Waals surface area contributed by atoms with E-state index < -0.39 is 10.1 Å². The Balaban J connectivity index is 3.32. The van der Waals surface area contributed by atoms with Crippen LogP contribution in [0.5, 0.6) is 0 Å². The van der Waals surface area contributed by atoms with Crippen molar-refractivity contribution in [3.63, 3.8) is 0 Å². The fraction of sp³-hybridized carbons (Fsp3) is 0.250. The molecular weight excluding hydrogens is 174 g/mol. The van der Waals surface area contributed by atoms with Gasteiger partial charge < -0.3 is 4.55 Å². The molecule has 1 rings (SSSR count). The monoisotopic (exact) mass is 178 g/mol. The van der Waals surface area contributed by atoms with Gasteiger partial charge >= 0.3 is 0 Å². The molecule has 0 aliphatic carbocycles. The third-order valence-corrected chi connectivity index (χ3v) is 3.30. The van der Waals surface area contributed by atoms with Crippen molar-refractivity contribution in [2.75, 3.05) is 0 Å². The first-order valence-corrected chi connectivity index (χ1v) is 4.66. The molecule has 0 N–H and O–H groups in total. The molecule has 1 aromatic heterocycles. The molecule has 0 radical (unpaired) electrons. The SMILES string of the molecule is Cc1ncsc1S(=O)(=O)[O-]. The van der Waals surface area contributed by atoms with Crippen molar-refractivity contribution in [1.82, 2.24) is 4.98 Å². The maximum absolute atomic E-state index is 10.3. The van der Waals surface area contributed by atoms with E-state index in [1.54, 1.807) is 0 Å². The average molecular weight is 178 g/mol. The Morgan fingerprint density at radius 2 is 2.30 bits per heavy atom. The summed E-state index contributed by atoms with van der Waals surface area (Å²) in [7, 11) is -4.28. The molecule has 0 fully saturated rings. The van der Waals surface area contributed by atoms with Gasteiger partial charge in [-0.1, -0.05) is 0 Å². The predicted molar refractivity (Wildman–Crippen MR) is 34.8 cm³/mol. The fourth-order valence-electron chi connectivity index (χ4n) is 0.531. The zero-order valence-electron chi connectivity index (χ0n) is 5.07. The summed E-state index contributed by atoms with van der Waals surface area (Å²) in [5.41, 5.74) is 1.61. The lowest BCUT2D eigenvalue weighted by Gasteiger charge is -2.02. The zero-order valence-corrected chi connectivity index (χ0v) is 6.70. The summed E-state index contributed by atoms with van der Waals surface area (Å²) in [6.07, 6.45) is 0. The van der Waals surface area contributed by atoms with Gasteiger partial charge in [0, 0.05) is 0 Å².